The normalized spacial score (nSPS) is 22.7. The van der Waals surface area contributed by atoms with Crippen LogP contribution in [0.4, 0.5) is 5.69 Å². The zero-order chi connectivity index (χ0) is 32.4. The fourth-order valence-corrected chi connectivity index (χ4v) is 7.36. The molecule has 238 valence electrons. The predicted molar refractivity (Wildman–Crippen MR) is 178 cm³/mol. The van der Waals surface area contributed by atoms with E-state index >= 15 is 0 Å². The number of amides is 2. The Kier molecular flexibility index (Phi) is 9.66. The zero-order valence-corrected chi connectivity index (χ0v) is 26.4. The van der Waals surface area contributed by atoms with Gasteiger partial charge in [0.05, 0.1) is 35.3 Å². The quantitative estimate of drug-likeness (QED) is 0.148. The van der Waals surface area contributed by atoms with Crippen molar-refractivity contribution in [2.24, 2.45) is 17.8 Å². The van der Waals surface area contributed by atoms with Gasteiger partial charge in [-0.05, 0) is 90.3 Å². The molecule has 0 spiro atoms. The van der Waals surface area contributed by atoms with Crippen LogP contribution in [0.25, 0.3) is 6.08 Å². The predicted octanol–water partition coefficient (Wildman–Crippen LogP) is 5.29. The summed E-state index contributed by atoms with van der Waals surface area (Å²) in [5.74, 6) is -1.14. The Balaban J connectivity index is 1.29. The minimum Gasteiger partial charge on any atom is -0.508 e. The van der Waals surface area contributed by atoms with Crippen molar-refractivity contribution in [1.82, 2.24) is 0 Å². The molecule has 10 heteroatoms. The van der Waals surface area contributed by atoms with Crippen LogP contribution in [0.2, 0.25) is 5.02 Å². The number of phenols is 1. The summed E-state index contributed by atoms with van der Waals surface area (Å²) in [6.45, 7) is 2.74. The highest BCUT2D eigenvalue weighted by molar-refractivity contribution is 6.58. The monoisotopic (exact) mass is 641 g/mol. The number of carbonyl (C=O) groups is 2. The molecule has 0 bridgehead atoms. The average Bonchev–Trinajstić information content (AvgIpc) is 3.58. The molecule has 2 fully saturated rings. The third kappa shape index (κ3) is 6.51. The lowest BCUT2D eigenvalue weighted by molar-refractivity contribution is -0.122. The Labute approximate surface area is 274 Å². The maximum absolute atomic E-state index is 14.0. The molecule has 2 heterocycles. The van der Waals surface area contributed by atoms with Gasteiger partial charge in [0.25, 0.3) is 0 Å². The summed E-state index contributed by atoms with van der Waals surface area (Å²) < 4.78 is 12.6. The number of benzene rings is 3. The van der Waals surface area contributed by atoms with E-state index in [1.54, 1.807) is 18.2 Å². The molecule has 3 N–H and O–H groups in total. The number of hydrogen-bond donors (Lipinski definition) is 3. The van der Waals surface area contributed by atoms with Crippen LogP contribution in [0.3, 0.4) is 0 Å². The molecular weight excluding hydrogens is 605 g/mol. The number of anilines is 1. The lowest BCUT2D eigenvalue weighted by Crippen LogP contribution is -2.36. The van der Waals surface area contributed by atoms with Gasteiger partial charge in [-0.2, -0.15) is 0 Å². The summed E-state index contributed by atoms with van der Waals surface area (Å²) in [6.07, 6.45) is 5.51. The van der Waals surface area contributed by atoms with E-state index in [0.29, 0.717) is 30.2 Å². The molecule has 0 aromatic heterocycles. The lowest BCUT2D eigenvalue weighted by Gasteiger charge is -2.31. The van der Waals surface area contributed by atoms with Crippen LogP contribution in [0, 0.1) is 17.8 Å². The van der Waals surface area contributed by atoms with Gasteiger partial charge >= 0.3 is 7.12 Å². The first-order valence-corrected chi connectivity index (χ1v) is 16.2. The van der Waals surface area contributed by atoms with E-state index < -0.39 is 19.0 Å². The fraction of sp³-hybridized carbons (Fsp3) is 0.333. The van der Waals surface area contributed by atoms with E-state index in [-0.39, 0.29) is 41.7 Å². The number of rotatable bonds is 11. The SMILES string of the molecule is CCC/C(=C\c1ccc(O)cc1Cl)CC[C@H]1OC[C@H]2C1=C(COc1ccccc1)C[C@H]1C(=O)N(c3cccc(B(O)O)c3)C(=O)[C@H]12. The Morgan fingerprint density at radius 3 is 2.57 bits per heavy atom. The average molecular weight is 642 g/mol. The van der Waals surface area contributed by atoms with Crippen molar-refractivity contribution in [1.29, 1.82) is 0 Å². The Bertz CT molecular complexity index is 1670. The molecule has 8 nitrogen and oxygen atoms in total. The van der Waals surface area contributed by atoms with E-state index in [1.165, 1.54) is 28.7 Å². The number of para-hydroxylation sites is 1. The zero-order valence-electron chi connectivity index (χ0n) is 25.6. The van der Waals surface area contributed by atoms with Crippen LogP contribution in [0.5, 0.6) is 11.5 Å². The van der Waals surface area contributed by atoms with Crippen molar-refractivity contribution in [2.75, 3.05) is 18.1 Å². The molecule has 3 aromatic rings. The van der Waals surface area contributed by atoms with Gasteiger partial charge in [-0.15, -0.1) is 0 Å². The third-order valence-electron chi connectivity index (χ3n) is 9.23. The highest BCUT2D eigenvalue weighted by Crippen LogP contribution is 2.50. The molecular formula is C36H37BClNO7. The number of carbonyl (C=O) groups excluding carboxylic acids is 2. The minimum absolute atomic E-state index is 0.120. The molecule has 0 saturated carbocycles. The largest absolute Gasteiger partial charge is 0.508 e. The smallest absolute Gasteiger partial charge is 0.488 e. The summed E-state index contributed by atoms with van der Waals surface area (Å²) in [5.41, 5.74) is 4.63. The second-order valence-electron chi connectivity index (χ2n) is 12.2. The summed E-state index contributed by atoms with van der Waals surface area (Å²) in [6, 6.07) is 20.8. The van der Waals surface area contributed by atoms with Gasteiger partial charge in [-0.1, -0.05) is 66.9 Å². The number of nitrogens with zero attached hydrogens (tertiary/aromatic N) is 1. The number of aromatic hydroxyl groups is 1. The molecule has 3 aliphatic rings. The number of fused-ring (bicyclic) bond motifs is 3. The molecule has 0 radical (unpaired) electrons. The van der Waals surface area contributed by atoms with Gasteiger partial charge in [-0.3, -0.25) is 14.5 Å². The van der Waals surface area contributed by atoms with Crippen molar-refractivity contribution in [3.8, 4) is 11.5 Å². The highest BCUT2D eigenvalue weighted by atomic mass is 35.5. The van der Waals surface area contributed by atoms with Gasteiger partial charge in [0.2, 0.25) is 11.8 Å². The van der Waals surface area contributed by atoms with Crippen molar-refractivity contribution in [3.63, 3.8) is 0 Å². The van der Waals surface area contributed by atoms with Crippen LogP contribution < -0.4 is 15.1 Å². The van der Waals surface area contributed by atoms with Crippen LogP contribution in [0.1, 0.15) is 44.6 Å². The molecule has 2 saturated heterocycles. The summed E-state index contributed by atoms with van der Waals surface area (Å²) in [5, 5.41) is 29.7. The van der Waals surface area contributed by atoms with Gasteiger partial charge in [-0.25, -0.2) is 0 Å². The van der Waals surface area contributed by atoms with Gasteiger partial charge in [0.1, 0.15) is 18.1 Å². The fourth-order valence-electron chi connectivity index (χ4n) is 7.13. The Morgan fingerprint density at radius 1 is 1.02 bits per heavy atom. The van der Waals surface area contributed by atoms with Crippen LogP contribution in [-0.4, -0.2) is 53.4 Å². The molecule has 4 atom stereocenters. The number of ether oxygens (including phenoxy) is 2. The number of allylic oxidation sites excluding steroid dienone is 1. The second kappa shape index (κ2) is 13.9. The number of halogens is 1. The van der Waals surface area contributed by atoms with Crippen molar-refractivity contribution in [3.05, 3.63) is 100 Å². The second-order valence-corrected chi connectivity index (χ2v) is 12.6. The molecule has 1 aliphatic carbocycles. The first kappa shape index (κ1) is 32.1. The Morgan fingerprint density at radius 2 is 1.83 bits per heavy atom. The summed E-state index contributed by atoms with van der Waals surface area (Å²) >= 11 is 6.41. The summed E-state index contributed by atoms with van der Waals surface area (Å²) in [7, 11) is -1.72. The van der Waals surface area contributed by atoms with E-state index in [2.05, 4.69) is 13.0 Å². The van der Waals surface area contributed by atoms with Gasteiger partial charge in [0.15, 0.2) is 0 Å². The first-order chi connectivity index (χ1) is 22.2. The van der Waals surface area contributed by atoms with Crippen molar-refractivity contribution >= 4 is 47.8 Å². The minimum atomic E-state index is -1.72. The topological polar surface area (TPSA) is 117 Å². The van der Waals surface area contributed by atoms with E-state index in [4.69, 9.17) is 21.1 Å². The molecule has 46 heavy (non-hydrogen) atoms. The van der Waals surface area contributed by atoms with Gasteiger partial charge < -0.3 is 24.6 Å². The molecule has 2 aliphatic heterocycles. The van der Waals surface area contributed by atoms with Crippen LogP contribution in [0.15, 0.2) is 89.5 Å². The van der Waals surface area contributed by atoms with E-state index in [0.717, 1.165) is 41.7 Å². The van der Waals surface area contributed by atoms with E-state index in [1.807, 2.05) is 36.4 Å². The van der Waals surface area contributed by atoms with Crippen LogP contribution in [-0.2, 0) is 14.3 Å². The lowest BCUT2D eigenvalue weighted by atomic mass is 9.69. The maximum Gasteiger partial charge on any atom is 0.488 e. The van der Waals surface area contributed by atoms with Crippen LogP contribution >= 0.6 is 11.6 Å². The Hall–Kier alpha value is -3.89. The van der Waals surface area contributed by atoms with E-state index in [9.17, 15) is 24.7 Å². The van der Waals surface area contributed by atoms with Gasteiger partial charge in [0, 0.05) is 5.92 Å². The number of hydrogen-bond acceptors (Lipinski definition) is 7. The molecule has 6 rings (SSSR count). The highest BCUT2D eigenvalue weighted by Gasteiger charge is 2.57. The standard InChI is InChI=1S/C36H37BClNO7/c1-2-7-22(16-23-13-14-27(40)19-31(23)38)12-15-32-33-24(20-45-28-10-4-3-5-11-28)17-29-34(30(33)21-46-32)36(42)39(35(29)41)26-9-6-8-25(18-26)37(43)44/h3-6,8-11,13-14,16,18-19,29-30,32,34,40,43-44H,2,7,12,15,17,20-21H2,1H3/b22-16+/t29-,30+,32-,34-/m1/s1. The van der Waals surface area contributed by atoms with Crippen molar-refractivity contribution < 1.29 is 34.2 Å². The summed E-state index contributed by atoms with van der Waals surface area (Å²) in [4.78, 5) is 29.1. The number of phenolic OH excluding ortho intramolecular Hbond substituents is 1. The molecule has 0 unspecified atom stereocenters. The number of imide groups is 1. The van der Waals surface area contributed by atoms with Crippen molar-refractivity contribution in [2.45, 2.75) is 45.1 Å². The maximum atomic E-state index is 14.0. The third-order valence-corrected chi connectivity index (χ3v) is 9.56. The molecule has 3 aromatic carbocycles. The first-order valence-electron chi connectivity index (χ1n) is 15.8. The molecule has 2 amide bonds.